The van der Waals surface area contributed by atoms with Crippen LogP contribution in [0.15, 0.2) is 53.6 Å². The van der Waals surface area contributed by atoms with E-state index in [0.717, 1.165) is 27.5 Å². The van der Waals surface area contributed by atoms with Crippen LogP contribution in [0.4, 0.5) is 13.2 Å². The highest BCUT2D eigenvalue weighted by atomic mass is 19.4. The number of hydrogen-bond acceptors (Lipinski definition) is 5. The van der Waals surface area contributed by atoms with Crippen molar-refractivity contribution >= 4 is 5.91 Å². The molecule has 28 heavy (non-hydrogen) atoms. The Hall–Kier alpha value is -3.76. The third kappa shape index (κ3) is 4.14. The Morgan fingerprint density at radius 3 is 2.50 bits per heavy atom. The molecule has 3 rings (SSSR count). The molecule has 0 unspecified atom stereocenters. The van der Waals surface area contributed by atoms with E-state index in [4.69, 9.17) is 5.73 Å². The van der Waals surface area contributed by atoms with Crippen molar-refractivity contribution < 1.29 is 27.8 Å². The van der Waals surface area contributed by atoms with Crippen LogP contribution < -0.4 is 16.2 Å². The zero-order valence-corrected chi connectivity index (χ0v) is 14.1. The van der Waals surface area contributed by atoms with Crippen LogP contribution in [0.25, 0.3) is 5.69 Å². The van der Waals surface area contributed by atoms with Crippen LogP contribution in [0.2, 0.25) is 0 Å². The summed E-state index contributed by atoms with van der Waals surface area (Å²) >= 11 is 0. The molecule has 0 fully saturated rings. The van der Waals surface area contributed by atoms with Crippen LogP contribution in [-0.4, -0.2) is 31.5 Å². The van der Waals surface area contributed by atoms with E-state index in [9.17, 15) is 27.9 Å². The topological polar surface area (TPSA) is 112 Å². The first-order valence-corrected chi connectivity index (χ1v) is 7.76. The zero-order chi connectivity index (χ0) is 20.5. The predicted octanol–water partition coefficient (Wildman–Crippen LogP) is 1.79. The van der Waals surface area contributed by atoms with Crippen LogP contribution in [0.5, 0.6) is 11.6 Å². The number of amides is 1. The molecule has 0 atom stereocenters. The van der Waals surface area contributed by atoms with Crippen molar-refractivity contribution in [3.63, 3.8) is 0 Å². The van der Waals surface area contributed by atoms with Gasteiger partial charge in [0.15, 0.2) is 0 Å². The summed E-state index contributed by atoms with van der Waals surface area (Å²) in [4.78, 5) is 27.6. The number of halogens is 3. The van der Waals surface area contributed by atoms with Crippen molar-refractivity contribution in [3.05, 3.63) is 70.5 Å². The second-order valence-electron chi connectivity index (χ2n) is 5.69. The number of nitrogens with two attached hydrogens (primary N) is 1. The molecule has 1 aromatic carbocycles. The van der Waals surface area contributed by atoms with E-state index >= 15 is 0 Å². The Balaban J connectivity index is 1.89. The summed E-state index contributed by atoms with van der Waals surface area (Å²) in [5.74, 6) is -1.60. The second-order valence-corrected chi connectivity index (χ2v) is 5.69. The van der Waals surface area contributed by atoms with E-state index in [1.807, 2.05) is 0 Å². The largest absolute Gasteiger partial charge is 0.573 e. The van der Waals surface area contributed by atoms with Gasteiger partial charge in [-0.15, -0.1) is 13.2 Å². The van der Waals surface area contributed by atoms with Gasteiger partial charge < -0.3 is 15.6 Å². The number of hydrogen-bond donors (Lipinski definition) is 2. The fourth-order valence-electron chi connectivity index (χ4n) is 2.54. The van der Waals surface area contributed by atoms with Crippen LogP contribution >= 0.6 is 0 Å². The fourth-order valence-corrected chi connectivity index (χ4v) is 2.54. The number of alkyl halides is 3. The molecule has 0 spiro atoms. The SMILES string of the molecule is NC(=O)c1cc(Cn2cc(O)n(-c3ccc(OC(F)(F)F)cc3)c2=O)ccn1. The molecule has 1 amide bonds. The van der Waals surface area contributed by atoms with Gasteiger partial charge in [-0.2, -0.15) is 0 Å². The van der Waals surface area contributed by atoms with Gasteiger partial charge in [0.25, 0.3) is 5.91 Å². The van der Waals surface area contributed by atoms with E-state index < -0.39 is 29.6 Å². The minimum Gasteiger partial charge on any atom is -0.493 e. The van der Waals surface area contributed by atoms with Gasteiger partial charge in [-0.1, -0.05) is 0 Å². The molecular weight excluding hydrogens is 381 g/mol. The minimum atomic E-state index is -4.84. The highest BCUT2D eigenvalue weighted by Gasteiger charge is 2.31. The number of aromatic nitrogens is 3. The summed E-state index contributed by atoms with van der Waals surface area (Å²) in [6, 6.07) is 7.42. The molecule has 0 radical (unpaired) electrons. The maximum Gasteiger partial charge on any atom is 0.573 e. The number of benzene rings is 1. The first-order valence-electron chi connectivity index (χ1n) is 7.76. The molecule has 3 N–H and O–H groups in total. The van der Waals surface area contributed by atoms with Gasteiger partial charge in [-0.05, 0) is 42.0 Å². The quantitative estimate of drug-likeness (QED) is 0.685. The Labute approximate surface area is 155 Å². The molecule has 3 aromatic rings. The van der Waals surface area contributed by atoms with Crippen LogP contribution in [0.3, 0.4) is 0 Å². The summed E-state index contributed by atoms with van der Waals surface area (Å²) in [6.07, 6.45) is -2.32. The van der Waals surface area contributed by atoms with Crippen molar-refractivity contribution in [1.82, 2.24) is 14.1 Å². The number of rotatable bonds is 5. The molecule has 2 aromatic heterocycles. The molecule has 146 valence electrons. The molecule has 0 aliphatic heterocycles. The number of carbonyl (C=O) groups excluding carboxylic acids is 1. The molecule has 0 aliphatic rings. The lowest BCUT2D eigenvalue weighted by molar-refractivity contribution is -0.274. The van der Waals surface area contributed by atoms with E-state index in [-0.39, 0.29) is 17.9 Å². The summed E-state index contributed by atoms with van der Waals surface area (Å²) in [6.45, 7) is 0.0114. The second kappa shape index (κ2) is 7.10. The van der Waals surface area contributed by atoms with E-state index in [2.05, 4.69) is 9.72 Å². The van der Waals surface area contributed by atoms with Gasteiger partial charge >= 0.3 is 12.1 Å². The van der Waals surface area contributed by atoms with E-state index in [1.165, 1.54) is 24.4 Å². The number of ether oxygens (including phenoxy) is 1. The maximum absolute atomic E-state index is 12.6. The molecule has 0 saturated carbocycles. The average molecular weight is 394 g/mol. The summed E-state index contributed by atoms with van der Waals surface area (Å²) < 4.78 is 42.5. The van der Waals surface area contributed by atoms with Crippen LogP contribution in [0.1, 0.15) is 16.1 Å². The number of pyridine rings is 1. The summed E-state index contributed by atoms with van der Waals surface area (Å²) in [5.41, 5.74) is 5.23. The first kappa shape index (κ1) is 19.0. The van der Waals surface area contributed by atoms with Gasteiger partial charge in [0.1, 0.15) is 11.4 Å². The predicted molar refractivity (Wildman–Crippen MR) is 90.2 cm³/mol. The lowest BCUT2D eigenvalue weighted by Gasteiger charge is -2.09. The molecule has 2 heterocycles. The highest BCUT2D eigenvalue weighted by molar-refractivity contribution is 5.90. The summed E-state index contributed by atoms with van der Waals surface area (Å²) in [7, 11) is 0. The standard InChI is InChI=1S/C17H13F3N4O4/c18-17(19,20)28-12-3-1-11(2-4-12)24-14(25)9-23(16(24)27)8-10-5-6-22-13(7-10)15(21)26/h1-7,9,25H,8H2,(H2,21,26). The van der Waals surface area contributed by atoms with Gasteiger partial charge in [-0.3, -0.25) is 14.3 Å². The number of primary amides is 1. The van der Waals surface area contributed by atoms with E-state index in [0.29, 0.717) is 5.56 Å². The minimum absolute atomic E-state index is 0.0114. The Bertz CT molecular complexity index is 1070. The van der Waals surface area contributed by atoms with Gasteiger partial charge in [0.05, 0.1) is 18.4 Å². The molecule has 0 saturated heterocycles. The van der Waals surface area contributed by atoms with Crippen molar-refractivity contribution in [1.29, 1.82) is 0 Å². The lowest BCUT2D eigenvalue weighted by Crippen LogP contribution is -2.24. The first-order chi connectivity index (χ1) is 13.1. The monoisotopic (exact) mass is 394 g/mol. The molecule has 8 nitrogen and oxygen atoms in total. The Morgan fingerprint density at radius 1 is 1.21 bits per heavy atom. The Morgan fingerprint density at radius 2 is 1.89 bits per heavy atom. The molecular formula is C17H13F3N4O4. The Kier molecular flexibility index (Phi) is 4.82. The molecule has 0 aliphatic carbocycles. The van der Waals surface area contributed by atoms with Crippen LogP contribution in [0, 0.1) is 0 Å². The van der Waals surface area contributed by atoms with Crippen molar-refractivity contribution in [2.45, 2.75) is 12.9 Å². The molecule has 0 bridgehead atoms. The number of imidazole rings is 1. The lowest BCUT2D eigenvalue weighted by atomic mass is 10.2. The number of nitrogens with zero attached hydrogens (tertiary/aromatic N) is 3. The van der Waals surface area contributed by atoms with Crippen LogP contribution in [-0.2, 0) is 6.54 Å². The van der Waals surface area contributed by atoms with Gasteiger partial charge in [0.2, 0.25) is 5.88 Å². The third-order valence-electron chi connectivity index (χ3n) is 3.70. The van der Waals surface area contributed by atoms with Gasteiger partial charge in [-0.25, -0.2) is 9.36 Å². The normalized spacial score (nSPS) is 11.4. The average Bonchev–Trinajstić information content (AvgIpc) is 2.88. The van der Waals surface area contributed by atoms with Crippen molar-refractivity contribution in [3.8, 4) is 17.3 Å². The van der Waals surface area contributed by atoms with E-state index in [1.54, 1.807) is 6.07 Å². The van der Waals surface area contributed by atoms with Gasteiger partial charge in [0, 0.05) is 6.20 Å². The fraction of sp³-hybridized carbons (Fsp3) is 0.118. The van der Waals surface area contributed by atoms with Crippen molar-refractivity contribution in [2.75, 3.05) is 0 Å². The van der Waals surface area contributed by atoms with Crippen molar-refractivity contribution in [2.24, 2.45) is 5.73 Å². The molecule has 11 heteroatoms. The third-order valence-corrected chi connectivity index (χ3v) is 3.70. The summed E-state index contributed by atoms with van der Waals surface area (Å²) in [5, 5.41) is 10.1. The smallest absolute Gasteiger partial charge is 0.493 e. The number of aromatic hydroxyl groups is 1. The zero-order valence-electron chi connectivity index (χ0n) is 14.1. The maximum atomic E-state index is 12.6. The highest BCUT2D eigenvalue weighted by Crippen LogP contribution is 2.24. The number of carbonyl (C=O) groups is 1.